The SMILES string of the molecule is C=CCCOc1ccnc(CNC(C)C)c1. The fraction of sp³-hybridized carbons (Fsp3) is 0.462. The first kappa shape index (κ1) is 12.7. The molecule has 0 saturated carbocycles. The van der Waals surface area contributed by atoms with E-state index in [1.807, 2.05) is 18.2 Å². The second kappa shape index (κ2) is 7.01. The summed E-state index contributed by atoms with van der Waals surface area (Å²) in [7, 11) is 0. The third-order valence-electron chi connectivity index (χ3n) is 2.07. The van der Waals surface area contributed by atoms with Crippen molar-refractivity contribution in [1.29, 1.82) is 0 Å². The number of ether oxygens (including phenoxy) is 1. The summed E-state index contributed by atoms with van der Waals surface area (Å²) in [4.78, 5) is 4.28. The fourth-order valence-corrected chi connectivity index (χ4v) is 1.21. The molecule has 0 unspecified atom stereocenters. The van der Waals surface area contributed by atoms with Gasteiger partial charge in [-0.1, -0.05) is 19.9 Å². The van der Waals surface area contributed by atoms with Gasteiger partial charge in [0, 0.05) is 24.8 Å². The van der Waals surface area contributed by atoms with Crippen molar-refractivity contribution in [2.24, 2.45) is 0 Å². The lowest BCUT2D eigenvalue weighted by molar-refractivity contribution is 0.324. The zero-order valence-electron chi connectivity index (χ0n) is 10.1. The van der Waals surface area contributed by atoms with Gasteiger partial charge in [0.15, 0.2) is 0 Å². The molecule has 0 aliphatic heterocycles. The van der Waals surface area contributed by atoms with E-state index < -0.39 is 0 Å². The van der Waals surface area contributed by atoms with Crippen LogP contribution in [-0.2, 0) is 6.54 Å². The molecule has 0 spiro atoms. The lowest BCUT2D eigenvalue weighted by atomic mass is 10.3. The number of aromatic nitrogens is 1. The van der Waals surface area contributed by atoms with E-state index in [1.54, 1.807) is 6.20 Å². The van der Waals surface area contributed by atoms with Crippen LogP contribution in [0.15, 0.2) is 31.0 Å². The van der Waals surface area contributed by atoms with Gasteiger partial charge < -0.3 is 10.1 Å². The quantitative estimate of drug-likeness (QED) is 0.566. The molecule has 0 atom stereocenters. The van der Waals surface area contributed by atoms with E-state index in [-0.39, 0.29) is 0 Å². The Hall–Kier alpha value is -1.35. The molecule has 16 heavy (non-hydrogen) atoms. The number of nitrogens with one attached hydrogen (secondary N) is 1. The van der Waals surface area contributed by atoms with Crippen molar-refractivity contribution < 1.29 is 4.74 Å². The smallest absolute Gasteiger partial charge is 0.122 e. The van der Waals surface area contributed by atoms with Crippen LogP contribution in [-0.4, -0.2) is 17.6 Å². The Morgan fingerprint density at radius 2 is 2.38 bits per heavy atom. The second-order valence-corrected chi connectivity index (χ2v) is 3.94. The van der Waals surface area contributed by atoms with Gasteiger partial charge in [-0.2, -0.15) is 0 Å². The van der Waals surface area contributed by atoms with Gasteiger partial charge in [0.25, 0.3) is 0 Å². The van der Waals surface area contributed by atoms with Crippen LogP contribution in [0.25, 0.3) is 0 Å². The van der Waals surface area contributed by atoms with Gasteiger partial charge >= 0.3 is 0 Å². The van der Waals surface area contributed by atoms with Gasteiger partial charge in [-0.15, -0.1) is 6.58 Å². The van der Waals surface area contributed by atoms with E-state index in [0.29, 0.717) is 12.6 Å². The summed E-state index contributed by atoms with van der Waals surface area (Å²) in [5.41, 5.74) is 1.00. The minimum Gasteiger partial charge on any atom is -0.493 e. The number of hydrogen-bond acceptors (Lipinski definition) is 3. The summed E-state index contributed by atoms with van der Waals surface area (Å²) in [5.74, 6) is 0.873. The zero-order valence-corrected chi connectivity index (χ0v) is 10.1. The van der Waals surface area contributed by atoms with Crippen molar-refractivity contribution in [3.63, 3.8) is 0 Å². The van der Waals surface area contributed by atoms with E-state index in [0.717, 1.165) is 24.4 Å². The first-order valence-corrected chi connectivity index (χ1v) is 5.64. The molecule has 88 valence electrons. The molecule has 1 heterocycles. The molecule has 0 amide bonds. The molecule has 0 bridgehead atoms. The molecular formula is C13H20N2O. The Balaban J connectivity index is 2.46. The third-order valence-corrected chi connectivity index (χ3v) is 2.07. The normalized spacial score (nSPS) is 10.4. The van der Waals surface area contributed by atoms with Gasteiger partial charge in [-0.25, -0.2) is 0 Å². The molecule has 0 saturated heterocycles. The summed E-state index contributed by atoms with van der Waals surface area (Å²) < 4.78 is 5.55. The van der Waals surface area contributed by atoms with Crippen molar-refractivity contribution in [1.82, 2.24) is 10.3 Å². The van der Waals surface area contributed by atoms with Crippen LogP contribution in [0.3, 0.4) is 0 Å². The average molecular weight is 220 g/mol. The van der Waals surface area contributed by atoms with E-state index >= 15 is 0 Å². The number of hydrogen-bond donors (Lipinski definition) is 1. The Bertz CT molecular complexity index is 323. The summed E-state index contributed by atoms with van der Waals surface area (Å²) >= 11 is 0. The standard InChI is InChI=1S/C13H20N2O/c1-4-5-8-16-13-6-7-14-12(9-13)10-15-11(2)3/h4,6-7,9,11,15H,1,5,8,10H2,2-3H3. The van der Waals surface area contributed by atoms with Gasteiger partial charge in [-0.05, 0) is 12.5 Å². The molecule has 1 rings (SSSR count). The lowest BCUT2D eigenvalue weighted by Crippen LogP contribution is -2.22. The van der Waals surface area contributed by atoms with Crippen LogP contribution in [0.1, 0.15) is 26.0 Å². The van der Waals surface area contributed by atoms with Gasteiger partial charge in [0.2, 0.25) is 0 Å². The van der Waals surface area contributed by atoms with Gasteiger partial charge in [0.1, 0.15) is 5.75 Å². The molecular weight excluding hydrogens is 200 g/mol. The highest BCUT2D eigenvalue weighted by Gasteiger charge is 1.99. The molecule has 0 aliphatic rings. The number of nitrogens with zero attached hydrogens (tertiary/aromatic N) is 1. The molecule has 3 heteroatoms. The van der Waals surface area contributed by atoms with E-state index in [9.17, 15) is 0 Å². The highest BCUT2D eigenvalue weighted by Crippen LogP contribution is 2.11. The fourth-order valence-electron chi connectivity index (χ4n) is 1.21. The van der Waals surface area contributed by atoms with Crippen molar-refractivity contribution in [2.75, 3.05) is 6.61 Å². The number of pyridine rings is 1. The molecule has 1 N–H and O–H groups in total. The van der Waals surface area contributed by atoms with Crippen molar-refractivity contribution in [3.8, 4) is 5.75 Å². The van der Waals surface area contributed by atoms with E-state index in [1.165, 1.54) is 0 Å². The van der Waals surface area contributed by atoms with Crippen LogP contribution in [0.2, 0.25) is 0 Å². The number of rotatable bonds is 7. The largest absolute Gasteiger partial charge is 0.493 e. The zero-order chi connectivity index (χ0) is 11.8. The van der Waals surface area contributed by atoms with Gasteiger partial charge in [0.05, 0.1) is 12.3 Å². The van der Waals surface area contributed by atoms with Crippen LogP contribution >= 0.6 is 0 Å². The topological polar surface area (TPSA) is 34.1 Å². The molecule has 0 aliphatic carbocycles. The highest BCUT2D eigenvalue weighted by atomic mass is 16.5. The molecule has 0 radical (unpaired) electrons. The molecule has 1 aromatic heterocycles. The Labute approximate surface area is 97.5 Å². The highest BCUT2D eigenvalue weighted by molar-refractivity contribution is 5.22. The van der Waals surface area contributed by atoms with Crippen LogP contribution in [0.4, 0.5) is 0 Å². The van der Waals surface area contributed by atoms with Crippen molar-refractivity contribution in [3.05, 3.63) is 36.7 Å². The maximum atomic E-state index is 5.55. The Kier molecular flexibility index (Phi) is 5.57. The van der Waals surface area contributed by atoms with Crippen LogP contribution in [0, 0.1) is 0 Å². The van der Waals surface area contributed by atoms with Crippen LogP contribution < -0.4 is 10.1 Å². The molecule has 3 nitrogen and oxygen atoms in total. The maximum Gasteiger partial charge on any atom is 0.122 e. The van der Waals surface area contributed by atoms with E-state index in [4.69, 9.17) is 4.74 Å². The molecule has 0 aromatic carbocycles. The van der Waals surface area contributed by atoms with Gasteiger partial charge in [-0.3, -0.25) is 4.98 Å². The predicted octanol–water partition coefficient (Wildman–Crippen LogP) is 2.53. The first-order chi connectivity index (χ1) is 7.72. The summed E-state index contributed by atoms with van der Waals surface area (Å²) in [5, 5.41) is 3.32. The van der Waals surface area contributed by atoms with Crippen molar-refractivity contribution >= 4 is 0 Å². The average Bonchev–Trinajstić information content (AvgIpc) is 2.27. The minimum absolute atomic E-state index is 0.465. The summed E-state index contributed by atoms with van der Waals surface area (Å²) in [6.45, 7) is 9.33. The van der Waals surface area contributed by atoms with E-state index in [2.05, 4.69) is 30.7 Å². The second-order valence-electron chi connectivity index (χ2n) is 3.94. The third kappa shape index (κ3) is 4.94. The van der Waals surface area contributed by atoms with Crippen molar-refractivity contribution in [2.45, 2.75) is 32.9 Å². The van der Waals surface area contributed by atoms with Crippen LogP contribution in [0.5, 0.6) is 5.75 Å². The minimum atomic E-state index is 0.465. The first-order valence-electron chi connectivity index (χ1n) is 5.64. The Morgan fingerprint density at radius 1 is 1.56 bits per heavy atom. The Morgan fingerprint density at radius 3 is 3.06 bits per heavy atom. The maximum absolute atomic E-state index is 5.55. The summed E-state index contributed by atoms with van der Waals surface area (Å²) in [6, 6.07) is 4.31. The lowest BCUT2D eigenvalue weighted by Gasteiger charge is -2.09. The predicted molar refractivity (Wildman–Crippen MR) is 66.5 cm³/mol. The molecule has 1 aromatic rings. The monoisotopic (exact) mass is 220 g/mol. The summed E-state index contributed by atoms with van der Waals surface area (Å²) in [6.07, 6.45) is 4.49. The molecule has 0 fully saturated rings.